The van der Waals surface area contributed by atoms with Crippen LogP contribution >= 0.6 is 11.6 Å². The highest BCUT2D eigenvalue weighted by Gasteiger charge is 2.27. The fraction of sp³-hybridized carbons (Fsp3) is 0.304. The quantitative estimate of drug-likeness (QED) is 0.407. The molecule has 1 aromatic heterocycles. The Morgan fingerprint density at radius 3 is 2.61 bits per heavy atom. The molecule has 33 heavy (non-hydrogen) atoms. The zero-order valence-corrected chi connectivity index (χ0v) is 19.1. The minimum Gasteiger partial charge on any atom is -0.495 e. The lowest BCUT2D eigenvalue weighted by atomic mass is 9.91. The van der Waals surface area contributed by atoms with Gasteiger partial charge >= 0.3 is 0 Å². The molecule has 172 valence electrons. The number of non-ortho nitro benzene ring substituents is 1. The second kappa shape index (κ2) is 9.60. The van der Waals surface area contributed by atoms with Crippen LogP contribution in [0.25, 0.3) is 5.69 Å². The number of benzene rings is 2. The molecule has 4 rings (SSSR count). The van der Waals surface area contributed by atoms with Crippen molar-refractivity contribution in [1.29, 1.82) is 0 Å². The predicted molar refractivity (Wildman–Crippen MR) is 126 cm³/mol. The van der Waals surface area contributed by atoms with Crippen LogP contribution in [0, 0.1) is 17.0 Å². The van der Waals surface area contributed by atoms with Gasteiger partial charge in [0, 0.05) is 29.1 Å². The van der Waals surface area contributed by atoms with Crippen molar-refractivity contribution < 1.29 is 14.5 Å². The number of hydrogen-bond donors (Lipinski definition) is 2. The Hall–Kier alpha value is -3.43. The van der Waals surface area contributed by atoms with Gasteiger partial charge in [-0.2, -0.15) is 5.10 Å². The minimum atomic E-state index is -0.444. The van der Waals surface area contributed by atoms with Crippen molar-refractivity contribution in [3.8, 4) is 11.4 Å². The summed E-state index contributed by atoms with van der Waals surface area (Å²) in [5.41, 5.74) is 3.23. The first-order valence-corrected chi connectivity index (χ1v) is 11.0. The number of halogens is 1. The number of nitro groups is 1. The van der Waals surface area contributed by atoms with Crippen LogP contribution in [0.5, 0.6) is 5.75 Å². The molecule has 3 aromatic rings. The van der Waals surface area contributed by atoms with E-state index >= 15 is 0 Å². The highest BCUT2D eigenvalue weighted by Crippen LogP contribution is 2.34. The summed E-state index contributed by atoms with van der Waals surface area (Å²) in [6, 6.07) is 9.59. The molecule has 0 radical (unpaired) electrons. The average molecular weight is 470 g/mol. The smallest absolute Gasteiger partial charge is 0.269 e. The lowest BCUT2D eigenvalue weighted by Crippen LogP contribution is -2.29. The molecule has 1 fully saturated rings. The number of nitro benzene ring substituents is 1. The highest BCUT2D eigenvalue weighted by molar-refractivity contribution is 6.31. The number of amides is 1. The van der Waals surface area contributed by atoms with E-state index in [9.17, 15) is 14.9 Å². The first-order valence-electron chi connectivity index (χ1n) is 10.6. The van der Waals surface area contributed by atoms with Gasteiger partial charge in [0.1, 0.15) is 5.75 Å². The van der Waals surface area contributed by atoms with Crippen molar-refractivity contribution in [3.63, 3.8) is 0 Å². The maximum atomic E-state index is 13.4. The lowest BCUT2D eigenvalue weighted by molar-refractivity contribution is -0.384. The normalized spacial score (nSPS) is 14.2. The van der Waals surface area contributed by atoms with E-state index in [-0.39, 0.29) is 17.5 Å². The van der Waals surface area contributed by atoms with Gasteiger partial charge in [-0.1, -0.05) is 11.6 Å². The number of piperidine rings is 1. The predicted octanol–water partition coefficient (Wildman–Crippen LogP) is 4.47. The fourth-order valence-electron chi connectivity index (χ4n) is 4.06. The third-order valence-electron chi connectivity index (χ3n) is 5.81. The van der Waals surface area contributed by atoms with Crippen LogP contribution in [0.4, 0.5) is 11.4 Å². The van der Waals surface area contributed by atoms with E-state index in [1.807, 2.05) is 6.92 Å². The lowest BCUT2D eigenvalue weighted by Gasteiger charge is -2.24. The summed E-state index contributed by atoms with van der Waals surface area (Å²) in [6.07, 6.45) is 3.24. The van der Waals surface area contributed by atoms with Gasteiger partial charge in [-0.3, -0.25) is 14.9 Å². The van der Waals surface area contributed by atoms with Crippen LogP contribution in [0.1, 0.15) is 40.4 Å². The Morgan fingerprint density at radius 2 is 1.97 bits per heavy atom. The zero-order chi connectivity index (χ0) is 23.5. The molecule has 0 bridgehead atoms. The van der Waals surface area contributed by atoms with Crippen LogP contribution in [-0.2, 0) is 0 Å². The molecular formula is C23H24ClN5O4. The van der Waals surface area contributed by atoms with E-state index in [4.69, 9.17) is 16.3 Å². The topological polar surface area (TPSA) is 111 Å². The third-order valence-corrected chi connectivity index (χ3v) is 6.22. The molecule has 0 spiro atoms. The van der Waals surface area contributed by atoms with Gasteiger partial charge in [0.15, 0.2) is 0 Å². The van der Waals surface area contributed by atoms with Crippen LogP contribution in [0.2, 0.25) is 5.02 Å². The Balaban J connectivity index is 1.73. The van der Waals surface area contributed by atoms with Gasteiger partial charge in [0.25, 0.3) is 11.6 Å². The summed E-state index contributed by atoms with van der Waals surface area (Å²) in [4.78, 5) is 24.0. The first kappa shape index (κ1) is 22.8. The summed E-state index contributed by atoms with van der Waals surface area (Å²) in [6.45, 7) is 3.52. The summed E-state index contributed by atoms with van der Waals surface area (Å²) < 4.78 is 7.09. The van der Waals surface area contributed by atoms with Crippen molar-refractivity contribution in [2.24, 2.45) is 0 Å². The zero-order valence-electron chi connectivity index (χ0n) is 18.3. The molecule has 1 saturated heterocycles. The van der Waals surface area contributed by atoms with Gasteiger partial charge in [0.2, 0.25) is 0 Å². The van der Waals surface area contributed by atoms with Crippen molar-refractivity contribution >= 4 is 28.9 Å². The molecule has 2 N–H and O–H groups in total. The molecule has 0 unspecified atom stereocenters. The number of aryl methyl sites for hydroxylation is 1. The van der Waals surface area contributed by atoms with Gasteiger partial charge in [0.05, 0.1) is 40.9 Å². The number of ether oxygens (including phenoxy) is 1. The molecule has 0 aliphatic carbocycles. The van der Waals surface area contributed by atoms with Crippen molar-refractivity contribution in [2.45, 2.75) is 25.7 Å². The molecular weight excluding hydrogens is 446 g/mol. The second-order valence-electron chi connectivity index (χ2n) is 7.91. The Bertz CT molecular complexity index is 1190. The summed E-state index contributed by atoms with van der Waals surface area (Å²) in [5, 5.41) is 22.3. The van der Waals surface area contributed by atoms with Crippen LogP contribution in [0.3, 0.4) is 0 Å². The summed E-state index contributed by atoms with van der Waals surface area (Å²) in [5.74, 6) is 0.264. The molecule has 2 aromatic carbocycles. The molecule has 1 amide bonds. The van der Waals surface area contributed by atoms with E-state index in [2.05, 4.69) is 15.7 Å². The van der Waals surface area contributed by atoms with E-state index in [1.165, 1.54) is 19.2 Å². The number of methoxy groups -OCH3 is 1. The van der Waals surface area contributed by atoms with Crippen LogP contribution in [-0.4, -0.2) is 40.8 Å². The number of hydrogen-bond acceptors (Lipinski definition) is 6. The minimum absolute atomic E-state index is 0.00232. The van der Waals surface area contributed by atoms with Crippen molar-refractivity contribution in [1.82, 2.24) is 15.1 Å². The largest absolute Gasteiger partial charge is 0.495 e. The number of carbonyl (C=O) groups is 1. The van der Waals surface area contributed by atoms with Crippen LogP contribution in [0.15, 0.2) is 42.6 Å². The highest BCUT2D eigenvalue weighted by atomic mass is 35.5. The van der Waals surface area contributed by atoms with E-state index in [0.717, 1.165) is 37.2 Å². The van der Waals surface area contributed by atoms with Gasteiger partial charge in [-0.15, -0.1) is 0 Å². The monoisotopic (exact) mass is 469 g/mol. The molecule has 10 heteroatoms. The Kier molecular flexibility index (Phi) is 6.62. The van der Waals surface area contributed by atoms with E-state index in [0.29, 0.717) is 27.7 Å². The fourth-order valence-corrected chi connectivity index (χ4v) is 4.22. The molecule has 2 heterocycles. The molecule has 0 atom stereocenters. The summed E-state index contributed by atoms with van der Waals surface area (Å²) >= 11 is 6.19. The average Bonchev–Trinajstić information content (AvgIpc) is 3.27. The Labute approximate surface area is 195 Å². The van der Waals surface area contributed by atoms with Crippen LogP contribution < -0.4 is 15.4 Å². The molecule has 0 saturated carbocycles. The number of aromatic nitrogens is 2. The standard InChI is InChI=1S/C23H24ClN5O4/c1-14-11-20(21(33-2)12-19(14)24)27-23(30)18-13-26-28(22(18)15-7-9-25-10-8-15)16-3-5-17(6-4-16)29(31)32/h3-6,11-13,15,25H,7-10H2,1-2H3,(H,27,30). The number of carbonyl (C=O) groups excluding carboxylic acids is 1. The molecule has 9 nitrogen and oxygen atoms in total. The van der Waals surface area contributed by atoms with Gasteiger partial charge in [-0.05, 0) is 56.6 Å². The number of anilines is 1. The molecule has 1 aliphatic rings. The van der Waals surface area contributed by atoms with E-state index < -0.39 is 4.92 Å². The van der Waals surface area contributed by atoms with Gasteiger partial charge < -0.3 is 15.4 Å². The SMILES string of the molecule is COc1cc(Cl)c(C)cc1NC(=O)c1cnn(-c2ccc([N+](=O)[O-])cc2)c1C1CCNCC1. The molecule has 1 aliphatic heterocycles. The number of nitrogens with one attached hydrogen (secondary N) is 2. The number of rotatable bonds is 6. The summed E-state index contributed by atoms with van der Waals surface area (Å²) in [7, 11) is 1.52. The number of nitrogens with zero attached hydrogens (tertiary/aromatic N) is 3. The van der Waals surface area contributed by atoms with Crippen molar-refractivity contribution in [2.75, 3.05) is 25.5 Å². The maximum Gasteiger partial charge on any atom is 0.269 e. The van der Waals surface area contributed by atoms with Crippen molar-refractivity contribution in [3.05, 3.63) is 74.6 Å². The van der Waals surface area contributed by atoms with Gasteiger partial charge in [-0.25, -0.2) is 4.68 Å². The first-order chi connectivity index (χ1) is 15.9. The van der Waals surface area contributed by atoms with E-state index in [1.54, 1.807) is 35.1 Å². The third kappa shape index (κ3) is 4.69. The Morgan fingerprint density at radius 1 is 1.27 bits per heavy atom. The maximum absolute atomic E-state index is 13.4. The second-order valence-corrected chi connectivity index (χ2v) is 8.32.